The molecule has 1 aromatic carbocycles. The van der Waals surface area contributed by atoms with Crippen molar-refractivity contribution < 1.29 is 4.79 Å². The topological polar surface area (TPSA) is 46.3 Å². The predicted molar refractivity (Wildman–Crippen MR) is 86.9 cm³/mol. The van der Waals surface area contributed by atoms with Crippen LogP contribution in [-0.2, 0) is 4.79 Å². The van der Waals surface area contributed by atoms with Gasteiger partial charge in [-0.2, -0.15) is 0 Å². The molecular formula is C17H28N2O. The molecule has 3 heteroatoms. The molecule has 0 aliphatic rings. The Balaban J connectivity index is 2.20. The van der Waals surface area contributed by atoms with Crippen LogP contribution >= 0.6 is 0 Å². The average molecular weight is 276 g/mol. The predicted octanol–water partition coefficient (Wildman–Crippen LogP) is 4.37. The number of benzene rings is 1. The Bertz CT molecular complexity index is 386. The largest absolute Gasteiger partial charge is 0.399 e. The second-order valence-electron chi connectivity index (χ2n) is 5.42. The van der Waals surface area contributed by atoms with Gasteiger partial charge >= 0.3 is 0 Å². The standard InChI is InChI=1S/C17H28N2O/c1-3-4-5-6-7-8-9-10-17(20)19(2)16-13-11-15(18)12-14-16/h11-14H,3-10,18H2,1-2H3. The Morgan fingerprint density at radius 2 is 1.55 bits per heavy atom. The Hall–Kier alpha value is -1.51. The number of hydrogen-bond acceptors (Lipinski definition) is 2. The van der Waals surface area contributed by atoms with Crippen LogP contribution in [0.3, 0.4) is 0 Å². The van der Waals surface area contributed by atoms with Gasteiger partial charge in [-0.05, 0) is 30.7 Å². The third-order valence-corrected chi connectivity index (χ3v) is 3.65. The van der Waals surface area contributed by atoms with Crippen molar-refractivity contribution in [2.45, 2.75) is 58.3 Å². The molecule has 3 nitrogen and oxygen atoms in total. The quantitative estimate of drug-likeness (QED) is 0.537. The molecule has 0 heterocycles. The zero-order valence-corrected chi connectivity index (χ0v) is 12.9. The molecule has 0 saturated carbocycles. The minimum absolute atomic E-state index is 0.184. The minimum Gasteiger partial charge on any atom is -0.399 e. The smallest absolute Gasteiger partial charge is 0.226 e. The Morgan fingerprint density at radius 1 is 1.00 bits per heavy atom. The van der Waals surface area contributed by atoms with E-state index >= 15 is 0 Å². The first-order chi connectivity index (χ1) is 9.65. The first-order valence-corrected chi connectivity index (χ1v) is 7.77. The van der Waals surface area contributed by atoms with E-state index in [0.29, 0.717) is 6.42 Å². The van der Waals surface area contributed by atoms with E-state index in [1.165, 1.54) is 32.1 Å². The summed E-state index contributed by atoms with van der Waals surface area (Å²) in [5.41, 5.74) is 7.28. The molecule has 0 aliphatic heterocycles. The first kappa shape index (κ1) is 16.5. The molecule has 0 aliphatic carbocycles. The van der Waals surface area contributed by atoms with Crippen LogP contribution in [0.4, 0.5) is 11.4 Å². The van der Waals surface area contributed by atoms with Crippen LogP contribution in [0.5, 0.6) is 0 Å². The number of nitrogens with two attached hydrogens (primary N) is 1. The lowest BCUT2D eigenvalue weighted by Crippen LogP contribution is -2.25. The summed E-state index contributed by atoms with van der Waals surface area (Å²) in [5.74, 6) is 0.184. The third kappa shape index (κ3) is 6.09. The summed E-state index contributed by atoms with van der Waals surface area (Å²) in [5, 5.41) is 0. The summed E-state index contributed by atoms with van der Waals surface area (Å²) >= 11 is 0. The second kappa shape index (κ2) is 9.40. The number of nitrogen functional groups attached to an aromatic ring is 1. The Labute approximate surface area is 123 Å². The van der Waals surface area contributed by atoms with Crippen molar-refractivity contribution >= 4 is 17.3 Å². The van der Waals surface area contributed by atoms with Crippen LogP contribution in [0.1, 0.15) is 58.3 Å². The average Bonchev–Trinajstić information content (AvgIpc) is 2.46. The zero-order chi connectivity index (χ0) is 14.8. The van der Waals surface area contributed by atoms with Crippen molar-refractivity contribution in [2.24, 2.45) is 0 Å². The molecule has 112 valence electrons. The molecule has 0 bridgehead atoms. The second-order valence-corrected chi connectivity index (χ2v) is 5.42. The van der Waals surface area contributed by atoms with Gasteiger partial charge in [-0.15, -0.1) is 0 Å². The fourth-order valence-electron chi connectivity index (χ4n) is 2.24. The van der Waals surface area contributed by atoms with Crippen LogP contribution in [0.2, 0.25) is 0 Å². The van der Waals surface area contributed by atoms with E-state index < -0.39 is 0 Å². The van der Waals surface area contributed by atoms with Gasteiger partial charge in [0, 0.05) is 24.8 Å². The number of unbranched alkanes of at least 4 members (excludes halogenated alkanes) is 6. The number of carbonyl (C=O) groups is 1. The molecule has 0 unspecified atom stereocenters. The lowest BCUT2D eigenvalue weighted by atomic mass is 10.1. The van der Waals surface area contributed by atoms with E-state index in [-0.39, 0.29) is 5.91 Å². The fourth-order valence-corrected chi connectivity index (χ4v) is 2.24. The molecular weight excluding hydrogens is 248 g/mol. The number of anilines is 2. The highest BCUT2D eigenvalue weighted by atomic mass is 16.2. The number of nitrogens with zero attached hydrogens (tertiary/aromatic N) is 1. The third-order valence-electron chi connectivity index (χ3n) is 3.65. The highest BCUT2D eigenvalue weighted by Gasteiger charge is 2.09. The van der Waals surface area contributed by atoms with E-state index in [9.17, 15) is 4.79 Å². The molecule has 0 aromatic heterocycles. The van der Waals surface area contributed by atoms with E-state index in [4.69, 9.17) is 5.73 Å². The molecule has 20 heavy (non-hydrogen) atoms. The van der Waals surface area contributed by atoms with Crippen molar-refractivity contribution in [1.82, 2.24) is 0 Å². The molecule has 2 N–H and O–H groups in total. The van der Waals surface area contributed by atoms with Crippen molar-refractivity contribution in [1.29, 1.82) is 0 Å². The number of carbonyl (C=O) groups excluding carboxylic acids is 1. The first-order valence-electron chi connectivity index (χ1n) is 7.77. The van der Waals surface area contributed by atoms with Gasteiger partial charge in [0.1, 0.15) is 0 Å². The molecule has 1 aromatic rings. The lowest BCUT2D eigenvalue weighted by Gasteiger charge is -2.17. The maximum absolute atomic E-state index is 12.1. The van der Waals surface area contributed by atoms with Crippen LogP contribution in [-0.4, -0.2) is 13.0 Å². The van der Waals surface area contributed by atoms with Crippen LogP contribution in [0.15, 0.2) is 24.3 Å². The molecule has 1 amide bonds. The molecule has 0 saturated heterocycles. The van der Waals surface area contributed by atoms with Gasteiger partial charge in [0.05, 0.1) is 0 Å². The van der Waals surface area contributed by atoms with Gasteiger partial charge in [-0.25, -0.2) is 0 Å². The fraction of sp³-hybridized carbons (Fsp3) is 0.588. The highest BCUT2D eigenvalue weighted by molar-refractivity contribution is 5.92. The molecule has 0 fully saturated rings. The van der Waals surface area contributed by atoms with Crippen LogP contribution < -0.4 is 10.6 Å². The van der Waals surface area contributed by atoms with Crippen molar-refractivity contribution in [3.05, 3.63) is 24.3 Å². The van der Waals surface area contributed by atoms with Gasteiger partial charge in [-0.3, -0.25) is 4.79 Å². The molecule has 1 rings (SSSR count). The molecule has 0 spiro atoms. The van der Waals surface area contributed by atoms with Gasteiger partial charge in [0.15, 0.2) is 0 Å². The normalized spacial score (nSPS) is 10.5. The van der Waals surface area contributed by atoms with Crippen LogP contribution in [0.25, 0.3) is 0 Å². The zero-order valence-electron chi connectivity index (χ0n) is 12.9. The summed E-state index contributed by atoms with van der Waals surface area (Å²) in [6.07, 6.45) is 9.28. The number of amides is 1. The Morgan fingerprint density at radius 3 is 2.15 bits per heavy atom. The SMILES string of the molecule is CCCCCCCCCC(=O)N(C)c1ccc(N)cc1. The Kier molecular flexibility index (Phi) is 7.78. The summed E-state index contributed by atoms with van der Waals surface area (Å²) in [7, 11) is 1.83. The van der Waals surface area contributed by atoms with E-state index in [1.807, 2.05) is 31.3 Å². The van der Waals surface area contributed by atoms with Crippen molar-refractivity contribution in [3.63, 3.8) is 0 Å². The number of rotatable bonds is 9. The lowest BCUT2D eigenvalue weighted by molar-refractivity contribution is -0.118. The summed E-state index contributed by atoms with van der Waals surface area (Å²) in [6, 6.07) is 7.43. The highest BCUT2D eigenvalue weighted by Crippen LogP contribution is 2.17. The minimum atomic E-state index is 0.184. The maximum atomic E-state index is 12.1. The molecule has 0 radical (unpaired) electrons. The van der Waals surface area contributed by atoms with Gasteiger partial charge in [0.25, 0.3) is 0 Å². The maximum Gasteiger partial charge on any atom is 0.226 e. The van der Waals surface area contributed by atoms with Gasteiger partial charge in [0.2, 0.25) is 5.91 Å². The molecule has 0 atom stereocenters. The van der Waals surface area contributed by atoms with Gasteiger partial charge in [-0.1, -0.05) is 45.4 Å². The monoisotopic (exact) mass is 276 g/mol. The van der Waals surface area contributed by atoms with Crippen molar-refractivity contribution in [3.8, 4) is 0 Å². The summed E-state index contributed by atoms with van der Waals surface area (Å²) in [4.78, 5) is 13.8. The summed E-state index contributed by atoms with van der Waals surface area (Å²) < 4.78 is 0. The van der Waals surface area contributed by atoms with E-state index in [2.05, 4.69) is 6.92 Å². The van der Waals surface area contributed by atoms with Gasteiger partial charge < -0.3 is 10.6 Å². The summed E-state index contributed by atoms with van der Waals surface area (Å²) in [6.45, 7) is 2.23. The van der Waals surface area contributed by atoms with E-state index in [0.717, 1.165) is 24.2 Å². The van der Waals surface area contributed by atoms with E-state index in [1.54, 1.807) is 4.90 Å². The van der Waals surface area contributed by atoms with Crippen LogP contribution in [0, 0.1) is 0 Å². The van der Waals surface area contributed by atoms with Crippen molar-refractivity contribution in [2.75, 3.05) is 17.7 Å². The number of hydrogen-bond donors (Lipinski definition) is 1.